The topological polar surface area (TPSA) is 67.8 Å². The third kappa shape index (κ3) is 6.70. The number of benzene rings is 2. The van der Waals surface area contributed by atoms with E-state index in [0.717, 1.165) is 11.3 Å². The average molecular weight is 371 g/mol. The summed E-state index contributed by atoms with van der Waals surface area (Å²) >= 11 is 0. The Morgan fingerprint density at radius 3 is 2.19 bits per heavy atom. The second-order valence-corrected chi connectivity index (χ2v) is 7.07. The minimum Gasteiger partial charge on any atom is -0.492 e. The number of ether oxygens (including phenoxy) is 2. The Morgan fingerprint density at radius 1 is 0.963 bits per heavy atom. The van der Waals surface area contributed by atoms with Crippen LogP contribution in [0.5, 0.6) is 11.5 Å². The Kier molecular flexibility index (Phi) is 7.82. The van der Waals surface area contributed by atoms with E-state index in [1.165, 1.54) is 0 Å². The van der Waals surface area contributed by atoms with E-state index in [-0.39, 0.29) is 24.0 Å². The van der Waals surface area contributed by atoms with Gasteiger partial charge in [-0.15, -0.1) is 0 Å². The molecule has 0 saturated heterocycles. The molecule has 0 aromatic heterocycles. The molecule has 2 aromatic carbocycles. The zero-order valence-electron chi connectivity index (χ0n) is 16.4. The first-order valence-corrected chi connectivity index (χ1v) is 9.30. The van der Waals surface area contributed by atoms with Gasteiger partial charge in [0, 0.05) is 12.1 Å². The molecule has 2 rings (SSSR count). The fourth-order valence-corrected chi connectivity index (χ4v) is 2.58. The Morgan fingerprint density at radius 2 is 1.59 bits per heavy atom. The Balaban J connectivity index is 1.84. The van der Waals surface area contributed by atoms with Crippen molar-refractivity contribution in [3.8, 4) is 11.5 Å². The molecule has 0 aliphatic carbocycles. The summed E-state index contributed by atoms with van der Waals surface area (Å²) in [6.45, 7) is 8.02. The van der Waals surface area contributed by atoms with Gasteiger partial charge < -0.3 is 19.9 Å². The largest absolute Gasteiger partial charge is 0.492 e. The molecule has 2 N–H and O–H groups in total. The van der Waals surface area contributed by atoms with E-state index in [1.807, 2.05) is 44.2 Å². The summed E-state index contributed by atoms with van der Waals surface area (Å²) in [7, 11) is 0. The van der Waals surface area contributed by atoms with Gasteiger partial charge in [-0.3, -0.25) is 4.79 Å². The van der Waals surface area contributed by atoms with E-state index in [0.29, 0.717) is 12.4 Å². The van der Waals surface area contributed by atoms with E-state index in [2.05, 4.69) is 5.32 Å². The maximum Gasteiger partial charge on any atom is 0.313 e. The average Bonchev–Trinajstić information content (AvgIpc) is 2.67. The fraction of sp³-hybridized carbons (Fsp3) is 0.409. The summed E-state index contributed by atoms with van der Waals surface area (Å²) in [6, 6.07) is 16.5. The summed E-state index contributed by atoms with van der Waals surface area (Å²) in [6.07, 6.45) is -0.681. The summed E-state index contributed by atoms with van der Waals surface area (Å²) < 4.78 is 11.0. The van der Waals surface area contributed by atoms with Crippen molar-refractivity contribution < 1.29 is 19.4 Å². The maximum absolute atomic E-state index is 11.6. The van der Waals surface area contributed by atoms with Gasteiger partial charge in [-0.05, 0) is 43.7 Å². The lowest BCUT2D eigenvalue weighted by molar-refractivity contribution is -0.137. The number of aliphatic hydroxyl groups excluding tert-OH is 1. The van der Waals surface area contributed by atoms with Crippen LogP contribution in [0.15, 0.2) is 54.6 Å². The standard InChI is InChI=1S/C22H29NO4/c1-15(2)22(25)27-20-12-10-18(11-13-20)21(24)17(4)23-16(3)14-26-19-8-6-5-7-9-19/h5-13,15-17,21,23-24H,14H2,1-4H3. The number of esters is 1. The van der Waals surface area contributed by atoms with E-state index < -0.39 is 6.10 Å². The molecule has 0 bridgehead atoms. The molecule has 5 heteroatoms. The SMILES string of the molecule is CC(COc1ccccc1)NC(C)C(O)c1ccc(OC(=O)C(C)C)cc1. The summed E-state index contributed by atoms with van der Waals surface area (Å²) in [5.41, 5.74) is 0.760. The van der Waals surface area contributed by atoms with Crippen molar-refractivity contribution >= 4 is 5.97 Å². The van der Waals surface area contributed by atoms with Crippen molar-refractivity contribution in [1.29, 1.82) is 0 Å². The molecule has 27 heavy (non-hydrogen) atoms. The highest BCUT2D eigenvalue weighted by Crippen LogP contribution is 2.21. The molecular formula is C22H29NO4. The van der Waals surface area contributed by atoms with Gasteiger partial charge >= 0.3 is 5.97 Å². The van der Waals surface area contributed by atoms with Crippen LogP contribution in [0.1, 0.15) is 39.4 Å². The number of hydrogen-bond donors (Lipinski definition) is 2. The molecule has 0 saturated carbocycles. The summed E-state index contributed by atoms with van der Waals surface area (Å²) in [5.74, 6) is 0.852. The second kappa shape index (κ2) is 10.1. The molecule has 3 unspecified atom stereocenters. The Hall–Kier alpha value is -2.37. The van der Waals surface area contributed by atoms with Crippen LogP contribution in [0, 0.1) is 5.92 Å². The first-order chi connectivity index (χ1) is 12.9. The number of nitrogens with one attached hydrogen (secondary N) is 1. The normalized spacial score (nSPS) is 14.4. The van der Waals surface area contributed by atoms with Crippen molar-refractivity contribution in [2.24, 2.45) is 5.92 Å². The molecule has 3 atom stereocenters. The van der Waals surface area contributed by atoms with Crippen LogP contribution in [0.2, 0.25) is 0 Å². The van der Waals surface area contributed by atoms with Crippen LogP contribution in [0.3, 0.4) is 0 Å². The van der Waals surface area contributed by atoms with Crippen LogP contribution < -0.4 is 14.8 Å². The minimum absolute atomic E-state index is 0.0705. The Labute approximate surface area is 161 Å². The minimum atomic E-state index is -0.681. The van der Waals surface area contributed by atoms with Crippen molar-refractivity contribution in [2.45, 2.75) is 45.9 Å². The van der Waals surface area contributed by atoms with Gasteiger partial charge in [-0.1, -0.05) is 44.2 Å². The maximum atomic E-state index is 11.6. The third-order valence-electron chi connectivity index (χ3n) is 4.18. The smallest absolute Gasteiger partial charge is 0.313 e. The zero-order chi connectivity index (χ0) is 19.8. The van der Waals surface area contributed by atoms with Crippen LogP contribution in [-0.2, 0) is 4.79 Å². The zero-order valence-corrected chi connectivity index (χ0v) is 16.4. The highest BCUT2D eigenvalue weighted by atomic mass is 16.5. The molecule has 0 fully saturated rings. The van der Waals surface area contributed by atoms with E-state index >= 15 is 0 Å². The van der Waals surface area contributed by atoms with Crippen LogP contribution in [0.25, 0.3) is 0 Å². The van der Waals surface area contributed by atoms with Gasteiger partial charge in [0.1, 0.15) is 18.1 Å². The first kappa shape index (κ1) is 20.9. The predicted molar refractivity (Wildman–Crippen MR) is 106 cm³/mol. The monoisotopic (exact) mass is 371 g/mol. The van der Waals surface area contributed by atoms with Crippen molar-refractivity contribution in [2.75, 3.05) is 6.61 Å². The van der Waals surface area contributed by atoms with Crippen molar-refractivity contribution in [1.82, 2.24) is 5.32 Å². The number of carbonyl (C=O) groups is 1. The predicted octanol–water partition coefficient (Wildman–Crippen LogP) is 3.73. The lowest BCUT2D eigenvalue weighted by Gasteiger charge is -2.25. The number of para-hydroxylation sites is 1. The van der Waals surface area contributed by atoms with Gasteiger partial charge in [0.15, 0.2) is 0 Å². The fourth-order valence-electron chi connectivity index (χ4n) is 2.58. The quantitative estimate of drug-likeness (QED) is 0.519. The summed E-state index contributed by atoms with van der Waals surface area (Å²) in [4.78, 5) is 11.6. The van der Waals surface area contributed by atoms with Crippen molar-refractivity contribution in [3.05, 3.63) is 60.2 Å². The molecule has 2 aromatic rings. The second-order valence-electron chi connectivity index (χ2n) is 7.07. The lowest BCUT2D eigenvalue weighted by Crippen LogP contribution is -2.41. The molecule has 5 nitrogen and oxygen atoms in total. The van der Waals surface area contributed by atoms with Crippen LogP contribution in [-0.4, -0.2) is 29.8 Å². The molecule has 0 aliphatic rings. The third-order valence-corrected chi connectivity index (χ3v) is 4.18. The lowest BCUT2D eigenvalue weighted by atomic mass is 10.0. The number of carbonyl (C=O) groups excluding carboxylic acids is 1. The first-order valence-electron chi connectivity index (χ1n) is 9.30. The van der Waals surface area contributed by atoms with Crippen LogP contribution in [0.4, 0.5) is 0 Å². The molecule has 0 aliphatic heterocycles. The van der Waals surface area contributed by atoms with Gasteiger partial charge in [0.2, 0.25) is 0 Å². The van der Waals surface area contributed by atoms with E-state index in [1.54, 1.807) is 38.1 Å². The number of hydrogen-bond acceptors (Lipinski definition) is 5. The number of aliphatic hydroxyl groups is 1. The highest BCUT2D eigenvalue weighted by Gasteiger charge is 2.19. The molecule has 0 heterocycles. The van der Waals surface area contributed by atoms with E-state index in [4.69, 9.17) is 9.47 Å². The van der Waals surface area contributed by atoms with Crippen molar-refractivity contribution in [3.63, 3.8) is 0 Å². The van der Waals surface area contributed by atoms with Gasteiger partial charge in [-0.25, -0.2) is 0 Å². The summed E-state index contributed by atoms with van der Waals surface area (Å²) in [5, 5.41) is 13.9. The molecule has 0 spiro atoms. The van der Waals surface area contributed by atoms with Gasteiger partial charge in [0.05, 0.1) is 12.0 Å². The van der Waals surface area contributed by atoms with Gasteiger partial charge in [-0.2, -0.15) is 0 Å². The van der Waals surface area contributed by atoms with Crippen LogP contribution >= 0.6 is 0 Å². The van der Waals surface area contributed by atoms with E-state index in [9.17, 15) is 9.90 Å². The molecule has 0 radical (unpaired) electrons. The number of rotatable bonds is 9. The highest BCUT2D eigenvalue weighted by molar-refractivity contribution is 5.74. The molecule has 146 valence electrons. The molecular weight excluding hydrogens is 342 g/mol. The van der Waals surface area contributed by atoms with Gasteiger partial charge in [0.25, 0.3) is 0 Å². The Bertz CT molecular complexity index is 700. The molecule has 0 amide bonds.